The fraction of sp³-hybridized carbons (Fsp3) is 0.909. The van der Waals surface area contributed by atoms with Crippen LogP contribution in [0.5, 0.6) is 0 Å². The molecule has 3 saturated heterocycles. The fourth-order valence-electron chi connectivity index (χ4n) is 2.85. The average Bonchev–Trinajstić information content (AvgIpc) is 2.19. The summed E-state index contributed by atoms with van der Waals surface area (Å²) in [6.07, 6.45) is 3.93. The minimum atomic E-state index is 0.103. The molecule has 3 heteroatoms. The third-order valence-corrected chi connectivity index (χ3v) is 3.68. The van der Waals surface area contributed by atoms with Crippen LogP contribution in [0, 0.1) is 11.8 Å². The Morgan fingerprint density at radius 1 is 1.43 bits per heavy atom. The standard InChI is InChI=1S/C11H20N2O/c1-9(14)12-5-2-11-8-13-6-3-10(11)4-7-13/h10-11H,2-8H2,1H3,(H,12,14). The van der Waals surface area contributed by atoms with Gasteiger partial charge in [-0.15, -0.1) is 0 Å². The number of nitrogens with one attached hydrogen (secondary N) is 1. The molecule has 2 bridgehead atoms. The van der Waals surface area contributed by atoms with Gasteiger partial charge in [0.2, 0.25) is 5.91 Å². The minimum absolute atomic E-state index is 0.103. The van der Waals surface area contributed by atoms with Crippen molar-refractivity contribution in [3.63, 3.8) is 0 Å². The van der Waals surface area contributed by atoms with Crippen LogP contribution in [-0.2, 0) is 4.79 Å². The summed E-state index contributed by atoms with van der Waals surface area (Å²) < 4.78 is 0. The highest BCUT2D eigenvalue weighted by atomic mass is 16.1. The number of rotatable bonds is 3. The molecule has 0 aromatic rings. The van der Waals surface area contributed by atoms with E-state index < -0.39 is 0 Å². The maximum absolute atomic E-state index is 10.7. The summed E-state index contributed by atoms with van der Waals surface area (Å²) in [6, 6.07) is 0. The molecule has 0 aromatic carbocycles. The summed E-state index contributed by atoms with van der Waals surface area (Å²) in [5.74, 6) is 1.88. The lowest BCUT2D eigenvalue weighted by atomic mass is 9.77. The zero-order valence-corrected chi connectivity index (χ0v) is 8.96. The molecular formula is C11H20N2O. The normalized spacial score (nSPS) is 35.6. The molecule has 3 fully saturated rings. The molecule has 1 amide bonds. The van der Waals surface area contributed by atoms with Gasteiger partial charge in [-0.1, -0.05) is 0 Å². The summed E-state index contributed by atoms with van der Waals surface area (Å²) >= 11 is 0. The molecule has 3 nitrogen and oxygen atoms in total. The molecule has 3 heterocycles. The van der Waals surface area contributed by atoms with Gasteiger partial charge < -0.3 is 10.2 Å². The van der Waals surface area contributed by atoms with Crippen LogP contribution in [0.1, 0.15) is 26.2 Å². The van der Waals surface area contributed by atoms with Crippen molar-refractivity contribution in [2.75, 3.05) is 26.2 Å². The third-order valence-electron chi connectivity index (χ3n) is 3.68. The van der Waals surface area contributed by atoms with Crippen molar-refractivity contribution in [1.82, 2.24) is 10.2 Å². The molecule has 1 atom stereocenters. The van der Waals surface area contributed by atoms with Crippen LogP contribution in [0.2, 0.25) is 0 Å². The first-order valence-corrected chi connectivity index (χ1v) is 5.72. The van der Waals surface area contributed by atoms with Gasteiger partial charge in [-0.25, -0.2) is 0 Å². The summed E-state index contributed by atoms with van der Waals surface area (Å²) in [4.78, 5) is 13.3. The number of amides is 1. The van der Waals surface area contributed by atoms with E-state index in [-0.39, 0.29) is 5.91 Å². The number of carbonyl (C=O) groups excluding carboxylic acids is 1. The fourth-order valence-corrected chi connectivity index (χ4v) is 2.85. The topological polar surface area (TPSA) is 32.3 Å². The van der Waals surface area contributed by atoms with E-state index in [0.717, 1.165) is 18.4 Å². The molecule has 3 aliphatic rings. The van der Waals surface area contributed by atoms with Gasteiger partial charge in [-0.3, -0.25) is 4.79 Å². The first-order valence-electron chi connectivity index (χ1n) is 5.72. The van der Waals surface area contributed by atoms with Crippen LogP contribution in [0.25, 0.3) is 0 Å². The van der Waals surface area contributed by atoms with Crippen molar-refractivity contribution in [1.29, 1.82) is 0 Å². The molecule has 0 aliphatic carbocycles. The van der Waals surface area contributed by atoms with E-state index in [2.05, 4.69) is 10.2 Å². The molecule has 80 valence electrons. The first-order chi connectivity index (χ1) is 6.75. The number of hydrogen-bond donors (Lipinski definition) is 1. The van der Waals surface area contributed by atoms with Gasteiger partial charge in [0, 0.05) is 20.0 Å². The van der Waals surface area contributed by atoms with Crippen LogP contribution < -0.4 is 5.32 Å². The second kappa shape index (κ2) is 4.30. The van der Waals surface area contributed by atoms with Gasteiger partial charge in [0.1, 0.15) is 0 Å². The predicted octanol–water partition coefficient (Wildman–Crippen LogP) is 0.854. The third kappa shape index (κ3) is 2.27. The van der Waals surface area contributed by atoms with E-state index in [1.54, 1.807) is 6.92 Å². The van der Waals surface area contributed by atoms with Crippen LogP contribution >= 0.6 is 0 Å². The van der Waals surface area contributed by atoms with Crippen molar-refractivity contribution in [3.05, 3.63) is 0 Å². The minimum Gasteiger partial charge on any atom is -0.356 e. The molecule has 0 aromatic heterocycles. The summed E-state index contributed by atoms with van der Waals surface area (Å²) in [7, 11) is 0. The number of hydrogen-bond acceptors (Lipinski definition) is 2. The zero-order valence-electron chi connectivity index (χ0n) is 8.96. The second-order valence-electron chi connectivity index (χ2n) is 4.67. The number of carbonyl (C=O) groups is 1. The summed E-state index contributed by atoms with van der Waals surface area (Å²) in [5, 5.41) is 2.89. The van der Waals surface area contributed by atoms with E-state index in [9.17, 15) is 4.79 Å². The van der Waals surface area contributed by atoms with Gasteiger partial charge in [0.15, 0.2) is 0 Å². The van der Waals surface area contributed by atoms with Gasteiger partial charge >= 0.3 is 0 Å². The van der Waals surface area contributed by atoms with E-state index in [1.807, 2.05) is 0 Å². The number of piperidine rings is 3. The first kappa shape index (κ1) is 9.97. The summed E-state index contributed by atoms with van der Waals surface area (Å²) in [6.45, 7) is 6.34. The van der Waals surface area contributed by atoms with Crippen LogP contribution in [0.15, 0.2) is 0 Å². The number of nitrogens with zero attached hydrogens (tertiary/aromatic N) is 1. The van der Waals surface area contributed by atoms with Crippen molar-refractivity contribution in [2.45, 2.75) is 26.2 Å². The lowest BCUT2D eigenvalue weighted by Gasteiger charge is -2.45. The Morgan fingerprint density at radius 2 is 2.14 bits per heavy atom. The molecule has 1 unspecified atom stereocenters. The Morgan fingerprint density at radius 3 is 2.64 bits per heavy atom. The van der Waals surface area contributed by atoms with Crippen LogP contribution in [0.4, 0.5) is 0 Å². The smallest absolute Gasteiger partial charge is 0.216 e. The molecular weight excluding hydrogens is 176 g/mol. The maximum atomic E-state index is 10.7. The van der Waals surface area contributed by atoms with Gasteiger partial charge in [0.05, 0.1) is 0 Å². The Bertz CT molecular complexity index is 209. The Kier molecular flexibility index (Phi) is 3.06. The van der Waals surface area contributed by atoms with Crippen LogP contribution in [0.3, 0.4) is 0 Å². The highest BCUT2D eigenvalue weighted by molar-refractivity contribution is 5.72. The molecule has 3 aliphatic heterocycles. The molecule has 0 radical (unpaired) electrons. The van der Waals surface area contributed by atoms with Crippen LogP contribution in [-0.4, -0.2) is 37.0 Å². The van der Waals surface area contributed by atoms with Crippen molar-refractivity contribution >= 4 is 5.91 Å². The van der Waals surface area contributed by atoms with Gasteiger partial charge in [0.25, 0.3) is 0 Å². The average molecular weight is 196 g/mol. The second-order valence-corrected chi connectivity index (χ2v) is 4.67. The molecule has 3 rings (SSSR count). The monoisotopic (exact) mass is 196 g/mol. The van der Waals surface area contributed by atoms with Crippen molar-refractivity contribution < 1.29 is 4.79 Å². The summed E-state index contributed by atoms with van der Waals surface area (Å²) in [5.41, 5.74) is 0. The van der Waals surface area contributed by atoms with E-state index in [0.29, 0.717) is 0 Å². The highest BCUT2D eigenvalue weighted by Gasteiger charge is 2.33. The SMILES string of the molecule is CC(=O)NCCC1CN2CCC1CC2. The van der Waals surface area contributed by atoms with Crippen molar-refractivity contribution in [3.8, 4) is 0 Å². The predicted molar refractivity (Wildman–Crippen MR) is 56.0 cm³/mol. The maximum Gasteiger partial charge on any atom is 0.216 e. The quantitative estimate of drug-likeness (QED) is 0.726. The highest BCUT2D eigenvalue weighted by Crippen LogP contribution is 2.33. The lowest BCUT2D eigenvalue weighted by molar-refractivity contribution is -0.119. The van der Waals surface area contributed by atoms with E-state index in [4.69, 9.17) is 0 Å². The van der Waals surface area contributed by atoms with Crippen molar-refractivity contribution in [2.24, 2.45) is 11.8 Å². The Labute approximate surface area is 85.8 Å². The largest absolute Gasteiger partial charge is 0.356 e. The molecule has 0 saturated carbocycles. The Hall–Kier alpha value is -0.570. The van der Waals surface area contributed by atoms with Gasteiger partial charge in [-0.05, 0) is 44.2 Å². The Balaban J connectivity index is 1.73. The molecule has 14 heavy (non-hydrogen) atoms. The van der Waals surface area contributed by atoms with Gasteiger partial charge in [-0.2, -0.15) is 0 Å². The number of fused-ring (bicyclic) bond motifs is 3. The zero-order chi connectivity index (χ0) is 9.97. The molecule has 1 N–H and O–H groups in total. The van der Waals surface area contributed by atoms with E-state index >= 15 is 0 Å². The van der Waals surface area contributed by atoms with E-state index in [1.165, 1.54) is 38.9 Å². The lowest BCUT2D eigenvalue weighted by Crippen LogP contribution is -2.48. The molecule has 0 spiro atoms.